The van der Waals surface area contributed by atoms with E-state index in [0.717, 1.165) is 35.4 Å². The summed E-state index contributed by atoms with van der Waals surface area (Å²) in [6, 6.07) is 22.7. The molecular weight excluding hydrogens is 522 g/mol. The SMILES string of the molecule is C.C.O=C(O)c1cccc(-c2ccc(C(F)(F)F)cc2)c1.OCc1cccc(-c2ccc(C(F)(F)F)cc2)c1. The minimum absolute atomic E-state index is 0. The van der Waals surface area contributed by atoms with Crippen LogP contribution >= 0.6 is 0 Å². The predicted molar refractivity (Wildman–Crippen MR) is 140 cm³/mol. The van der Waals surface area contributed by atoms with Gasteiger partial charge in [-0.15, -0.1) is 0 Å². The molecular formula is C30H28F6O3. The molecule has 4 aromatic rings. The van der Waals surface area contributed by atoms with Gasteiger partial charge in [0.25, 0.3) is 0 Å². The first-order chi connectivity index (χ1) is 17.4. The van der Waals surface area contributed by atoms with Gasteiger partial charge in [-0.3, -0.25) is 0 Å². The largest absolute Gasteiger partial charge is 0.478 e. The second-order valence-electron chi connectivity index (χ2n) is 7.89. The Morgan fingerprint density at radius 2 is 1.00 bits per heavy atom. The summed E-state index contributed by atoms with van der Waals surface area (Å²) in [6.07, 6.45) is -8.69. The van der Waals surface area contributed by atoms with Crippen molar-refractivity contribution in [3.63, 3.8) is 0 Å². The maximum atomic E-state index is 12.4. The Bertz CT molecular complexity index is 1340. The van der Waals surface area contributed by atoms with Crippen LogP contribution in [0.3, 0.4) is 0 Å². The number of benzene rings is 4. The lowest BCUT2D eigenvalue weighted by Gasteiger charge is -2.08. The van der Waals surface area contributed by atoms with Crippen molar-refractivity contribution in [3.8, 4) is 22.3 Å². The van der Waals surface area contributed by atoms with Crippen LogP contribution in [0.5, 0.6) is 0 Å². The summed E-state index contributed by atoms with van der Waals surface area (Å²) in [5.41, 5.74) is 2.01. The van der Waals surface area contributed by atoms with Gasteiger partial charge in [-0.1, -0.05) is 69.5 Å². The lowest BCUT2D eigenvalue weighted by molar-refractivity contribution is -0.138. The Morgan fingerprint density at radius 1 is 0.590 bits per heavy atom. The number of hydrogen-bond acceptors (Lipinski definition) is 2. The molecule has 0 radical (unpaired) electrons. The Hall–Kier alpha value is -4.11. The van der Waals surface area contributed by atoms with Crippen LogP contribution in [0, 0.1) is 0 Å². The zero-order valence-electron chi connectivity index (χ0n) is 19.0. The molecule has 39 heavy (non-hydrogen) atoms. The Kier molecular flexibility index (Phi) is 11.5. The van der Waals surface area contributed by atoms with Crippen molar-refractivity contribution in [2.45, 2.75) is 33.8 Å². The highest BCUT2D eigenvalue weighted by molar-refractivity contribution is 5.89. The first kappa shape index (κ1) is 32.9. The van der Waals surface area contributed by atoms with Crippen LogP contribution < -0.4 is 0 Å². The van der Waals surface area contributed by atoms with Gasteiger partial charge in [0.1, 0.15) is 0 Å². The summed E-state index contributed by atoms with van der Waals surface area (Å²) in [5, 5.41) is 17.9. The predicted octanol–water partition coefficient (Wildman–Crippen LogP) is 9.21. The molecule has 0 aliphatic rings. The zero-order valence-corrected chi connectivity index (χ0v) is 19.0. The third kappa shape index (κ3) is 9.00. The molecule has 0 bridgehead atoms. The lowest BCUT2D eigenvalue weighted by atomic mass is 10.0. The number of carboxylic acids is 1. The molecule has 4 rings (SSSR count). The fourth-order valence-corrected chi connectivity index (χ4v) is 3.38. The number of aliphatic hydroxyl groups excluding tert-OH is 1. The van der Waals surface area contributed by atoms with Crippen LogP contribution in [0.15, 0.2) is 97.1 Å². The first-order valence-corrected chi connectivity index (χ1v) is 10.8. The van der Waals surface area contributed by atoms with Crippen molar-refractivity contribution >= 4 is 5.97 Å². The van der Waals surface area contributed by atoms with E-state index >= 15 is 0 Å². The van der Waals surface area contributed by atoms with Crippen molar-refractivity contribution in [1.29, 1.82) is 0 Å². The topological polar surface area (TPSA) is 57.5 Å². The van der Waals surface area contributed by atoms with E-state index in [-0.39, 0.29) is 27.0 Å². The number of carboxylic acid groups (broad SMARTS) is 1. The summed E-state index contributed by atoms with van der Waals surface area (Å²) in [4.78, 5) is 10.8. The quantitative estimate of drug-likeness (QED) is 0.249. The van der Waals surface area contributed by atoms with Gasteiger partial charge in [0.15, 0.2) is 0 Å². The summed E-state index contributed by atoms with van der Waals surface area (Å²) >= 11 is 0. The van der Waals surface area contributed by atoms with E-state index in [1.807, 2.05) is 0 Å². The van der Waals surface area contributed by atoms with Gasteiger partial charge in [0.05, 0.1) is 23.3 Å². The number of alkyl halides is 6. The highest BCUT2D eigenvalue weighted by Crippen LogP contribution is 2.32. The minimum atomic E-state index is -4.37. The van der Waals surface area contributed by atoms with Crippen LogP contribution in [0.4, 0.5) is 26.3 Å². The Morgan fingerprint density at radius 3 is 1.38 bits per heavy atom. The van der Waals surface area contributed by atoms with E-state index in [9.17, 15) is 31.1 Å². The van der Waals surface area contributed by atoms with Gasteiger partial charge < -0.3 is 10.2 Å². The summed E-state index contributed by atoms with van der Waals surface area (Å²) < 4.78 is 74.5. The number of hydrogen-bond donors (Lipinski definition) is 2. The van der Waals surface area contributed by atoms with E-state index in [1.165, 1.54) is 36.4 Å². The second kappa shape index (κ2) is 13.6. The van der Waals surface area contributed by atoms with Gasteiger partial charge in [-0.05, 0) is 70.3 Å². The number of aromatic carboxylic acids is 1. The molecule has 0 aliphatic heterocycles. The lowest BCUT2D eigenvalue weighted by Crippen LogP contribution is -2.04. The van der Waals surface area contributed by atoms with Crippen molar-refractivity contribution < 1.29 is 41.4 Å². The minimum Gasteiger partial charge on any atom is -0.478 e. The fourth-order valence-electron chi connectivity index (χ4n) is 3.38. The standard InChI is InChI=1S/C14H9F3O2.C14H11F3O.2CH4/c15-14(16,17)12-6-4-9(5-7-12)10-2-1-3-11(8-10)13(18)19;15-14(16,17)13-6-4-11(5-7-13)12-3-1-2-10(8-12)9-18;;/h1-8H,(H,18,19);1-8,18H,9H2;2*1H4. The molecule has 0 heterocycles. The molecule has 208 valence electrons. The van der Waals surface area contributed by atoms with Crippen LogP contribution in [0.25, 0.3) is 22.3 Å². The van der Waals surface area contributed by atoms with E-state index in [1.54, 1.807) is 36.4 Å². The molecule has 0 atom stereocenters. The summed E-state index contributed by atoms with van der Waals surface area (Å²) in [5.74, 6) is -1.08. The van der Waals surface area contributed by atoms with Gasteiger partial charge in [-0.25, -0.2) is 4.79 Å². The van der Waals surface area contributed by atoms with Crippen LogP contribution in [0.2, 0.25) is 0 Å². The van der Waals surface area contributed by atoms with E-state index in [4.69, 9.17) is 10.2 Å². The smallest absolute Gasteiger partial charge is 0.416 e. The zero-order chi connectivity index (χ0) is 27.2. The molecule has 4 aromatic carbocycles. The van der Waals surface area contributed by atoms with E-state index < -0.39 is 29.4 Å². The molecule has 0 unspecified atom stereocenters. The number of carbonyl (C=O) groups is 1. The van der Waals surface area contributed by atoms with Crippen LogP contribution in [0.1, 0.15) is 41.9 Å². The Labute approximate surface area is 223 Å². The number of rotatable bonds is 4. The molecule has 2 N–H and O–H groups in total. The van der Waals surface area contributed by atoms with Crippen molar-refractivity contribution in [1.82, 2.24) is 0 Å². The van der Waals surface area contributed by atoms with Crippen molar-refractivity contribution in [2.75, 3.05) is 0 Å². The summed E-state index contributed by atoms with van der Waals surface area (Å²) in [6.45, 7) is -0.0888. The molecule has 0 aliphatic carbocycles. The Balaban J connectivity index is 0.000000371. The molecule has 0 saturated heterocycles. The first-order valence-electron chi connectivity index (χ1n) is 10.8. The average Bonchev–Trinajstić information content (AvgIpc) is 2.88. The van der Waals surface area contributed by atoms with E-state index in [0.29, 0.717) is 16.7 Å². The molecule has 0 aromatic heterocycles. The average molecular weight is 551 g/mol. The highest BCUT2D eigenvalue weighted by atomic mass is 19.4. The van der Waals surface area contributed by atoms with Crippen LogP contribution in [-0.4, -0.2) is 16.2 Å². The monoisotopic (exact) mass is 550 g/mol. The van der Waals surface area contributed by atoms with Gasteiger partial charge in [0.2, 0.25) is 0 Å². The van der Waals surface area contributed by atoms with Gasteiger partial charge in [0, 0.05) is 0 Å². The number of halogens is 6. The third-order valence-electron chi connectivity index (χ3n) is 5.31. The van der Waals surface area contributed by atoms with Gasteiger partial charge in [-0.2, -0.15) is 26.3 Å². The number of aliphatic hydroxyl groups is 1. The summed E-state index contributed by atoms with van der Waals surface area (Å²) in [7, 11) is 0. The normalized spacial score (nSPS) is 10.8. The maximum absolute atomic E-state index is 12.4. The molecule has 0 fully saturated rings. The molecule has 0 amide bonds. The molecule has 0 spiro atoms. The van der Waals surface area contributed by atoms with E-state index in [2.05, 4.69) is 0 Å². The molecule has 9 heteroatoms. The maximum Gasteiger partial charge on any atom is 0.416 e. The fraction of sp³-hybridized carbons (Fsp3) is 0.167. The van der Waals surface area contributed by atoms with Crippen molar-refractivity contribution in [3.05, 3.63) is 119 Å². The third-order valence-corrected chi connectivity index (χ3v) is 5.31. The van der Waals surface area contributed by atoms with Crippen LogP contribution in [-0.2, 0) is 19.0 Å². The molecule has 0 saturated carbocycles. The van der Waals surface area contributed by atoms with Crippen molar-refractivity contribution in [2.24, 2.45) is 0 Å². The molecule has 3 nitrogen and oxygen atoms in total. The van der Waals surface area contributed by atoms with Gasteiger partial charge >= 0.3 is 18.3 Å². The second-order valence-corrected chi connectivity index (χ2v) is 7.89. The highest BCUT2D eigenvalue weighted by Gasteiger charge is 2.30.